The molecule has 1 unspecified atom stereocenters. The van der Waals surface area contributed by atoms with Crippen LogP contribution in [0.3, 0.4) is 0 Å². The van der Waals surface area contributed by atoms with Crippen LogP contribution in [0.15, 0.2) is 12.3 Å². The van der Waals surface area contributed by atoms with E-state index in [1.54, 1.807) is 6.20 Å². The van der Waals surface area contributed by atoms with E-state index in [1.165, 1.54) is 0 Å². The van der Waals surface area contributed by atoms with Crippen molar-refractivity contribution in [3.8, 4) is 0 Å². The predicted molar refractivity (Wildman–Crippen MR) is 76.4 cm³/mol. The summed E-state index contributed by atoms with van der Waals surface area (Å²) in [5.74, 6) is 0.748. The zero-order valence-corrected chi connectivity index (χ0v) is 12.5. The number of nitrogens with zero attached hydrogens (tertiary/aromatic N) is 2. The lowest BCUT2D eigenvalue weighted by molar-refractivity contribution is -0.0100. The molecule has 0 aliphatic heterocycles. The van der Waals surface area contributed by atoms with Crippen LogP contribution < -0.4 is 5.32 Å². The Kier molecular flexibility index (Phi) is 8.29. The van der Waals surface area contributed by atoms with Gasteiger partial charge < -0.3 is 19.9 Å². The molecule has 0 saturated heterocycles. The Bertz CT molecular complexity index is 374. The van der Waals surface area contributed by atoms with Crippen molar-refractivity contribution in [3.63, 3.8) is 0 Å². The smallest absolute Gasteiger partial charge is 0.125 e. The normalized spacial score (nSPS) is 12.8. The summed E-state index contributed by atoms with van der Waals surface area (Å²) in [5.41, 5.74) is 0.913. The molecule has 20 heavy (non-hydrogen) atoms. The first-order valence-corrected chi connectivity index (χ1v) is 6.94. The van der Waals surface area contributed by atoms with Crippen LogP contribution in [0.25, 0.3) is 0 Å². The third-order valence-corrected chi connectivity index (χ3v) is 2.51. The fourth-order valence-corrected chi connectivity index (χ4v) is 1.59. The van der Waals surface area contributed by atoms with Gasteiger partial charge in [0.1, 0.15) is 5.82 Å². The lowest BCUT2D eigenvalue weighted by atomic mass is 10.3. The van der Waals surface area contributed by atoms with Crippen LogP contribution in [0.2, 0.25) is 0 Å². The molecule has 0 spiro atoms. The summed E-state index contributed by atoms with van der Waals surface area (Å²) in [7, 11) is 0. The van der Waals surface area contributed by atoms with Crippen molar-refractivity contribution in [2.24, 2.45) is 0 Å². The van der Waals surface area contributed by atoms with Crippen molar-refractivity contribution in [2.45, 2.75) is 39.5 Å². The number of hydrogen-bond acceptors (Lipinski definition) is 6. The molecule has 0 fully saturated rings. The van der Waals surface area contributed by atoms with Gasteiger partial charge in [-0.3, -0.25) is 0 Å². The van der Waals surface area contributed by atoms with Gasteiger partial charge >= 0.3 is 0 Å². The highest BCUT2D eigenvalue weighted by Crippen LogP contribution is 1.94. The Morgan fingerprint density at radius 3 is 2.85 bits per heavy atom. The fourth-order valence-electron chi connectivity index (χ4n) is 1.59. The predicted octanol–water partition coefficient (Wildman–Crippen LogP) is 0.677. The Labute approximate surface area is 120 Å². The van der Waals surface area contributed by atoms with Crippen LogP contribution in [-0.2, 0) is 16.0 Å². The van der Waals surface area contributed by atoms with Crippen molar-refractivity contribution in [1.82, 2.24) is 15.3 Å². The molecule has 0 amide bonds. The molecule has 1 aromatic heterocycles. The Hall–Kier alpha value is -1.08. The van der Waals surface area contributed by atoms with Crippen molar-refractivity contribution in [2.75, 3.05) is 26.4 Å². The highest BCUT2D eigenvalue weighted by Gasteiger charge is 2.04. The lowest BCUT2D eigenvalue weighted by Crippen LogP contribution is -2.30. The number of aromatic nitrogens is 2. The molecular formula is C14H25N3O3. The molecule has 0 bridgehead atoms. The van der Waals surface area contributed by atoms with E-state index in [4.69, 9.17) is 9.47 Å². The lowest BCUT2D eigenvalue weighted by Gasteiger charge is -2.13. The molecule has 0 aliphatic rings. The van der Waals surface area contributed by atoms with E-state index in [0.29, 0.717) is 32.9 Å². The van der Waals surface area contributed by atoms with E-state index >= 15 is 0 Å². The molecule has 0 saturated carbocycles. The van der Waals surface area contributed by atoms with Gasteiger partial charge in [-0.2, -0.15) is 0 Å². The summed E-state index contributed by atoms with van der Waals surface area (Å²) in [4.78, 5) is 8.30. The molecule has 1 rings (SSSR count). The maximum atomic E-state index is 9.73. The first kappa shape index (κ1) is 17.0. The molecule has 114 valence electrons. The first-order valence-electron chi connectivity index (χ1n) is 6.94. The van der Waals surface area contributed by atoms with Crippen LogP contribution >= 0.6 is 0 Å². The fraction of sp³-hybridized carbons (Fsp3) is 0.714. The average Bonchev–Trinajstić information content (AvgIpc) is 2.38. The summed E-state index contributed by atoms with van der Waals surface area (Å²) in [5, 5.41) is 12.9. The largest absolute Gasteiger partial charge is 0.389 e. The standard InChI is InChI=1S/C14H25N3O3/c1-11(2)20-7-6-19-10-14(18)9-15-8-13-4-5-16-12(3)17-13/h4-5,11,14-15,18H,6-10H2,1-3H3. The number of rotatable bonds is 10. The Balaban J connectivity index is 2.04. The number of aryl methyl sites for hydroxylation is 1. The highest BCUT2D eigenvalue weighted by atomic mass is 16.5. The van der Waals surface area contributed by atoms with E-state index in [-0.39, 0.29) is 6.10 Å². The van der Waals surface area contributed by atoms with Crippen molar-refractivity contribution in [1.29, 1.82) is 0 Å². The third-order valence-electron chi connectivity index (χ3n) is 2.51. The molecular weight excluding hydrogens is 258 g/mol. The average molecular weight is 283 g/mol. The summed E-state index contributed by atoms with van der Waals surface area (Å²) in [6.45, 7) is 8.24. The number of aliphatic hydroxyl groups is 1. The van der Waals surface area contributed by atoms with Crippen LogP contribution in [0.1, 0.15) is 25.4 Å². The van der Waals surface area contributed by atoms with Crippen molar-refractivity contribution < 1.29 is 14.6 Å². The van der Waals surface area contributed by atoms with Crippen molar-refractivity contribution in [3.05, 3.63) is 23.8 Å². The Morgan fingerprint density at radius 1 is 1.35 bits per heavy atom. The highest BCUT2D eigenvalue weighted by molar-refractivity contribution is 5.00. The van der Waals surface area contributed by atoms with E-state index in [9.17, 15) is 5.11 Å². The van der Waals surface area contributed by atoms with Gasteiger partial charge in [0.15, 0.2) is 0 Å². The van der Waals surface area contributed by atoms with Crippen LogP contribution in [-0.4, -0.2) is 53.6 Å². The molecule has 1 heterocycles. The van der Waals surface area contributed by atoms with E-state index < -0.39 is 6.10 Å². The van der Waals surface area contributed by atoms with Gasteiger partial charge in [0.2, 0.25) is 0 Å². The van der Waals surface area contributed by atoms with E-state index in [2.05, 4.69) is 15.3 Å². The summed E-state index contributed by atoms with van der Waals surface area (Å²) in [6, 6.07) is 1.85. The minimum atomic E-state index is -0.531. The van der Waals surface area contributed by atoms with Crippen LogP contribution in [0.4, 0.5) is 0 Å². The molecule has 0 aliphatic carbocycles. The number of hydrogen-bond donors (Lipinski definition) is 2. The quantitative estimate of drug-likeness (QED) is 0.615. The van der Waals surface area contributed by atoms with E-state index in [1.807, 2.05) is 26.8 Å². The van der Waals surface area contributed by atoms with Gasteiger partial charge in [-0.05, 0) is 26.8 Å². The summed E-state index contributed by atoms with van der Waals surface area (Å²) in [6.07, 6.45) is 1.41. The summed E-state index contributed by atoms with van der Waals surface area (Å²) >= 11 is 0. The zero-order chi connectivity index (χ0) is 14.8. The van der Waals surface area contributed by atoms with Gasteiger partial charge in [0.05, 0.1) is 37.7 Å². The maximum Gasteiger partial charge on any atom is 0.125 e. The van der Waals surface area contributed by atoms with Gasteiger partial charge in [0, 0.05) is 19.3 Å². The SMILES string of the molecule is Cc1nccc(CNCC(O)COCCOC(C)C)n1. The second-order valence-corrected chi connectivity index (χ2v) is 4.87. The Morgan fingerprint density at radius 2 is 2.15 bits per heavy atom. The van der Waals surface area contributed by atoms with Gasteiger partial charge in [-0.25, -0.2) is 9.97 Å². The number of aliphatic hydroxyl groups excluding tert-OH is 1. The van der Waals surface area contributed by atoms with Crippen LogP contribution in [0.5, 0.6) is 0 Å². The molecule has 2 N–H and O–H groups in total. The second kappa shape index (κ2) is 9.77. The molecule has 6 nitrogen and oxygen atoms in total. The number of nitrogens with one attached hydrogen (secondary N) is 1. The minimum absolute atomic E-state index is 0.210. The molecule has 1 aromatic rings. The van der Waals surface area contributed by atoms with E-state index in [0.717, 1.165) is 11.5 Å². The van der Waals surface area contributed by atoms with Gasteiger partial charge in [0.25, 0.3) is 0 Å². The van der Waals surface area contributed by atoms with Gasteiger partial charge in [-0.1, -0.05) is 0 Å². The summed E-state index contributed by atoms with van der Waals surface area (Å²) < 4.78 is 10.7. The van der Waals surface area contributed by atoms with Crippen molar-refractivity contribution >= 4 is 0 Å². The topological polar surface area (TPSA) is 76.5 Å². The minimum Gasteiger partial charge on any atom is -0.389 e. The maximum absolute atomic E-state index is 9.73. The third kappa shape index (κ3) is 8.16. The number of ether oxygens (including phenoxy) is 2. The second-order valence-electron chi connectivity index (χ2n) is 4.87. The molecule has 0 aromatic carbocycles. The monoisotopic (exact) mass is 283 g/mol. The zero-order valence-electron chi connectivity index (χ0n) is 12.5. The molecule has 1 atom stereocenters. The van der Waals surface area contributed by atoms with Crippen LogP contribution in [0, 0.1) is 6.92 Å². The molecule has 0 radical (unpaired) electrons. The first-order chi connectivity index (χ1) is 9.58. The van der Waals surface area contributed by atoms with Gasteiger partial charge in [-0.15, -0.1) is 0 Å². The molecule has 6 heteroatoms.